The lowest BCUT2D eigenvalue weighted by Crippen LogP contribution is -2.55. The molecule has 24 heavy (non-hydrogen) atoms. The molecule has 0 saturated carbocycles. The number of hydrogen-bond acceptors (Lipinski definition) is 7. The van der Waals surface area contributed by atoms with Gasteiger partial charge in [0.05, 0.1) is 12.0 Å². The summed E-state index contributed by atoms with van der Waals surface area (Å²) in [6.45, 7) is 5.67. The molecule has 0 bridgehead atoms. The van der Waals surface area contributed by atoms with Gasteiger partial charge in [-0.2, -0.15) is 4.98 Å². The van der Waals surface area contributed by atoms with Gasteiger partial charge in [0, 0.05) is 19.0 Å². The topological polar surface area (TPSA) is 104 Å². The second-order valence-electron chi connectivity index (χ2n) is 6.10. The number of halogens is 1. The average molecular weight is 360 g/mol. The molecule has 132 valence electrons. The zero-order valence-electron chi connectivity index (χ0n) is 13.7. The lowest BCUT2D eigenvalue weighted by molar-refractivity contribution is -0.386. The van der Waals surface area contributed by atoms with Gasteiger partial charge >= 0.3 is 11.8 Å². The molecule has 1 aromatic heterocycles. The number of hydrogen-bond donors (Lipinski definition) is 0. The number of aromatic nitrogens is 1. The predicted molar refractivity (Wildman–Crippen MR) is 84.4 cm³/mol. The highest BCUT2D eigenvalue weighted by molar-refractivity contribution is 6.32. The first-order valence-electron chi connectivity index (χ1n) is 7.17. The van der Waals surface area contributed by atoms with Crippen LogP contribution < -0.4 is 9.47 Å². The Bertz CT molecular complexity index is 661. The summed E-state index contributed by atoms with van der Waals surface area (Å²) in [4.78, 5) is 27.8. The number of carbonyl (C=O) groups excluding carboxylic acids is 1. The van der Waals surface area contributed by atoms with Gasteiger partial charge in [0.15, 0.2) is 6.23 Å². The molecular formula is C14H18ClN3O6. The molecule has 0 spiro atoms. The Morgan fingerprint density at radius 2 is 2.12 bits per heavy atom. The Balaban J connectivity index is 2.18. The number of nitro groups is 1. The minimum absolute atomic E-state index is 0.000378. The SMILES string of the molecule is COc1nc(OC2CCN2C(=O)OC(C)(C)C)c([N+](=O)[O-])cc1Cl. The van der Waals surface area contributed by atoms with Crippen molar-refractivity contribution in [3.63, 3.8) is 0 Å². The first kappa shape index (κ1) is 18.1. The monoisotopic (exact) mass is 359 g/mol. The fraction of sp³-hybridized carbons (Fsp3) is 0.571. The van der Waals surface area contributed by atoms with Crippen LogP contribution in [0, 0.1) is 10.1 Å². The Morgan fingerprint density at radius 3 is 2.58 bits per heavy atom. The molecule has 0 radical (unpaired) electrons. The highest BCUT2D eigenvalue weighted by Crippen LogP contribution is 2.36. The maximum absolute atomic E-state index is 12.1. The zero-order valence-corrected chi connectivity index (χ0v) is 14.5. The zero-order chi connectivity index (χ0) is 18.1. The molecule has 2 rings (SSSR count). The molecule has 0 aromatic carbocycles. The number of methoxy groups -OCH3 is 1. The van der Waals surface area contributed by atoms with E-state index in [2.05, 4.69) is 4.98 Å². The van der Waals surface area contributed by atoms with Crippen molar-refractivity contribution in [2.45, 2.75) is 39.0 Å². The third kappa shape index (κ3) is 3.97. The highest BCUT2D eigenvalue weighted by atomic mass is 35.5. The summed E-state index contributed by atoms with van der Waals surface area (Å²) in [7, 11) is 1.33. The van der Waals surface area contributed by atoms with E-state index in [4.69, 9.17) is 25.8 Å². The van der Waals surface area contributed by atoms with Crippen LogP contribution in [0.1, 0.15) is 27.2 Å². The quantitative estimate of drug-likeness (QED) is 0.601. The number of carbonyl (C=O) groups is 1. The van der Waals surface area contributed by atoms with E-state index in [1.807, 2.05) is 0 Å². The number of pyridine rings is 1. The van der Waals surface area contributed by atoms with Crippen LogP contribution in [0.3, 0.4) is 0 Å². The van der Waals surface area contributed by atoms with Crippen molar-refractivity contribution in [1.82, 2.24) is 9.88 Å². The van der Waals surface area contributed by atoms with E-state index in [0.717, 1.165) is 6.07 Å². The van der Waals surface area contributed by atoms with Gasteiger partial charge in [-0.15, -0.1) is 0 Å². The van der Waals surface area contributed by atoms with Gasteiger partial charge in [-0.1, -0.05) is 11.6 Å². The first-order chi connectivity index (χ1) is 11.1. The maximum Gasteiger partial charge on any atom is 0.413 e. The smallest absolute Gasteiger partial charge is 0.413 e. The van der Waals surface area contributed by atoms with Crippen molar-refractivity contribution < 1.29 is 23.9 Å². The number of rotatable bonds is 4. The van der Waals surface area contributed by atoms with E-state index >= 15 is 0 Å². The fourth-order valence-electron chi connectivity index (χ4n) is 1.95. The van der Waals surface area contributed by atoms with E-state index in [-0.39, 0.29) is 16.8 Å². The van der Waals surface area contributed by atoms with E-state index in [1.165, 1.54) is 12.0 Å². The number of ether oxygens (including phenoxy) is 3. The summed E-state index contributed by atoms with van der Waals surface area (Å²) >= 11 is 5.85. The van der Waals surface area contributed by atoms with Crippen molar-refractivity contribution in [3.05, 3.63) is 21.2 Å². The summed E-state index contributed by atoms with van der Waals surface area (Å²) in [5.41, 5.74) is -1.05. The molecule has 0 aliphatic carbocycles. The second-order valence-corrected chi connectivity index (χ2v) is 6.50. The molecule has 1 unspecified atom stereocenters. The van der Waals surface area contributed by atoms with Crippen LogP contribution in [0.15, 0.2) is 6.07 Å². The lowest BCUT2D eigenvalue weighted by Gasteiger charge is -2.40. The molecule has 2 heterocycles. The first-order valence-corrected chi connectivity index (χ1v) is 7.55. The van der Waals surface area contributed by atoms with Gasteiger partial charge < -0.3 is 14.2 Å². The van der Waals surface area contributed by atoms with Gasteiger partial charge in [0.1, 0.15) is 10.6 Å². The lowest BCUT2D eigenvalue weighted by atomic mass is 10.2. The van der Waals surface area contributed by atoms with Crippen LogP contribution in [-0.2, 0) is 4.74 Å². The van der Waals surface area contributed by atoms with E-state index in [0.29, 0.717) is 13.0 Å². The number of nitrogens with zero attached hydrogens (tertiary/aromatic N) is 3. The van der Waals surface area contributed by atoms with Crippen LogP contribution in [0.5, 0.6) is 11.8 Å². The Morgan fingerprint density at radius 1 is 1.46 bits per heavy atom. The summed E-state index contributed by atoms with van der Waals surface area (Å²) in [5.74, 6) is -0.264. The largest absolute Gasteiger partial charge is 0.480 e. The summed E-state index contributed by atoms with van der Waals surface area (Å²) < 4.78 is 15.7. The summed E-state index contributed by atoms with van der Waals surface area (Å²) in [5, 5.41) is 11.1. The molecule has 1 amide bonds. The summed E-state index contributed by atoms with van der Waals surface area (Å²) in [6, 6.07) is 1.10. The fourth-order valence-corrected chi connectivity index (χ4v) is 2.17. The molecule has 1 saturated heterocycles. The van der Waals surface area contributed by atoms with Crippen LogP contribution in [-0.4, -0.2) is 46.4 Å². The minimum Gasteiger partial charge on any atom is -0.480 e. The molecule has 1 atom stereocenters. The third-order valence-corrected chi connectivity index (χ3v) is 3.39. The van der Waals surface area contributed by atoms with Crippen molar-refractivity contribution >= 4 is 23.4 Å². The normalized spacial score (nSPS) is 17.0. The molecule has 10 heteroatoms. The van der Waals surface area contributed by atoms with Crippen LogP contribution in [0.25, 0.3) is 0 Å². The summed E-state index contributed by atoms with van der Waals surface area (Å²) in [6.07, 6.45) is -0.748. The molecule has 1 fully saturated rings. The number of likely N-dealkylation sites (tertiary alicyclic amines) is 1. The molecule has 0 N–H and O–H groups in total. The van der Waals surface area contributed by atoms with Gasteiger partial charge in [-0.3, -0.25) is 15.0 Å². The van der Waals surface area contributed by atoms with Gasteiger partial charge in [0.25, 0.3) is 5.88 Å². The van der Waals surface area contributed by atoms with Crippen LogP contribution in [0.2, 0.25) is 5.02 Å². The molecule has 9 nitrogen and oxygen atoms in total. The van der Waals surface area contributed by atoms with Gasteiger partial charge in [0.2, 0.25) is 5.88 Å². The van der Waals surface area contributed by atoms with Crippen LogP contribution >= 0.6 is 11.6 Å². The van der Waals surface area contributed by atoms with Crippen molar-refractivity contribution in [2.75, 3.05) is 13.7 Å². The number of amides is 1. The van der Waals surface area contributed by atoms with E-state index in [1.54, 1.807) is 20.8 Å². The predicted octanol–water partition coefficient (Wildman–Crippen LogP) is 3.00. The highest BCUT2D eigenvalue weighted by Gasteiger charge is 2.38. The Kier molecular flexibility index (Phi) is 5.02. The molecule has 1 aromatic rings. The minimum atomic E-state index is -0.697. The molecule has 1 aliphatic rings. The standard InChI is InChI=1S/C14H18ClN3O6/c1-14(2,3)24-13(19)17-6-5-10(17)23-12-9(18(20)21)7-8(15)11(16-12)22-4/h7,10H,5-6H2,1-4H3. The van der Waals surface area contributed by atoms with Crippen molar-refractivity contribution in [1.29, 1.82) is 0 Å². The Hall–Kier alpha value is -2.29. The molecular weight excluding hydrogens is 342 g/mol. The van der Waals surface area contributed by atoms with Crippen LogP contribution in [0.4, 0.5) is 10.5 Å². The van der Waals surface area contributed by atoms with Gasteiger partial charge in [-0.25, -0.2) is 4.79 Å². The maximum atomic E-state index is 12.1. The second kappa shape index (κ2) is 6.68. The van der Waals surface area contributed by atoms with Crippen molar-refractivity contribution in [3.8, 4) is 11.8 Å². The van der Waals surface area contributed by atoms with Crippen molar-refractivity contribution in [2.24, 2.45) is 0 Å². The molecule has 1 aliphatic heterocycles. The average Bonchev–Trinajstić information content (AvgIpc) is 2.41. The Labute approximate surface area is 143 Å². The third-order valence-electron chi connectivity index (χ3n) is 3.12. The van der Waals surface area contributed by atoms with E-state index in [9.17, 15) is 14.9 Å². The van der Waals surface area contributed by atoms with Gasteiger partial charge in [-0.05, 0) is 20.8 Å². The van der Waals surface area contributed by atoms with E-state index < -0.39 is 28.5 Å².